The molecular weight excluding hydrogens is 285 g/mol. The van der Waals surface area contributed by atoms with Crippen LogP contribution in [0.15, 0.2) is 17.0 Å². The quantitative estimate of drug-likeness (QED) is 0.719. The van der Waals surface area contributed by atoms with Gasteiger partial charge in [-0.2, -0.15) is 13.2 Å². The van der Waals surface area contributed by atoms with E-state index in [1.165, 1.54) is 6.92 Å². The maximum absolute atomic E-state index is 12.6. The Morgan fingerprint density at radius 3 is 2.42 bits per heavy atom. The first-order valence-corrected chi connectivity index (χ1v) is 6.65. The predicted molar refractivity (Wildman–Crippen MR) is 62.9 cm³/mol. The fraction of sp³-hybridized carbons (Fsp3) is 0.400. The number of hydrogen-bond donors (Lipinski definition) is 3. The van der Waals surface area contributed by atoms with Gasteiger partial charge in [-0.15, -0.1) is 0 Å². The molecule has 0 aliphatic rings. The largest absolute Gasteiger partial charge is 0.416 e. The SMILES string of the molecule is Cc1c(N)cc(C(F)(F)F)cc1S(=O)(=O)NCCO. The van der Waals surface area contributed by atoms with Crippen LogP contribution in [-0.2, 0) is 16.2 Å². The first-order valence-electron chi connectivity index (χ1n) is 5.17. The van der Waals surface area contributed by atoms with E-state index in [9.17, 15) is 21.6 Å². The predicted octanol–water partition coefficient (Wildman–Crippen LogP) is 0.867. The smallest absolute Gasteiger partial charge is 0.398 e. The molecule has 1 aromatic rings. The number of alkyl halides is 3. The van der Waals surface area contributed by atoms with Gasteiger partial charge in [0.1, 0.15) is 0 Å². The molecular formula is C10H13F3N2O3S. The highest BCUT2D eigenvalue weighted by Gasteiger charge is 2.33. The summed E-state index contributed by atoms with van der Waals surface area (Å²) in [5.74, 6) is 0. The number of rotatable bonds is 4. The lowest BCUT2D eigenvalue weighted by molar-refractivity contribution is -0.137. The van der Waals surface area contributed by atoms with Crippen molar-refractivity contribution in [3.05, 3.63) is 23.3 Å². The molecule has 0 radical (unpaired) electrons. The van der Waals surface area contributed by atoms with Crippen LogP contribution in [0, 0.1) is 6.92 Å². The van der Waals surface area contributed by atoms with E-state index >= 15 is 0 Å². The number of anilines is 1. The van der Waals surface area contributed by atoms with Gasteiger partial charge in [0.05, 0.1) is 17.1 Å². The zero-order valence-electron chi connectivity index (χ0n) is 9.95. The summed E-state index contributed by atoms with van der Waals surface area (Å²) in [4.78, 5) is -0.548. The Morgan fingerprint density at radius 1 is 1.37 bits per heavy atom. The summed E-state index contributed by atoms with van der Waals surface area (Å²) in [5.41, 5.74) is 4.02. The Bertz CT molecular complexity index is 570. The molecule has 0 atom stereocenters. The van der Waals surface area contributed by atoms with Crippen LogP contribution in [0.4, 0.5) is 18.9 Å². The van der Waals surface area contributed by atoms with E-state index in [1.54, 1.807) is 0 Å². The second kappa shape index (κ2) is 5.35. The van der Waals surface area contributed by atoms with Crippen molar-refractivity contribution in [2.24, 2.45) is 0 Å². The Hall–Kier alpha value is -1.32. The fourth-order valence-electron chi connectivity index (χ4n) is 1.41. The van der Waals surface area contributed by atoms with Gasteiger partial charge in [0.25, 0.3) is 0 Å². The summed E-state index contributed by atoms with van der Waals surface area (Å²) in [6, 6.07) is 1.20. The summed E-state index contributed by atoms with van der Waals surface area (Å²) in [7, 11) is -4.15. The average molecular weight is 298 g/mol. The molecule has 108 valence electrons. The molecule has 1 aromatic carbocycles. The first kappa shape index (κ1) is 15.7. The molecule has 0 fully saturated rings. The van der Waals surface area contributed by atoms with Crippen molar-refractivity contribution < 1.29 is 26.7 Å². The molecule has 0 amide bonds. The summed E-state index contributed by atoms with van der Waals surface area (Å²) in [6.07, 6.45) is -4.69. The second-order valence-corrected chi connectivity index (χ2v) is 5.54. The number of halogens is 3. The van der Waals surface area contributed by atoms with Crippen LogP contribution in [-0.4, -0.2) is 26.7 Å². The van der Waals surface area contributed by atoms with Crippen molar-refractivity contribution in [2.45, 2.75) is 18.0 Å². The molecule has 0 saturated carbocycles. The molecule has 0 bridgehead atoms. The van der Waals surface area contributed by atoms with Crippen LogP contribution in [0.1, 0.15) is 11.1 Å². The van der Waals surface area contributed by atoms with Crippen LogP contribution in [0.2, 0.25) is 0 Å². The Labute approximate surface area is 108 Å². The van der Waals surface area contributed by atoms with Gasteiger partial charge in [-0.1, -0.05) is 0 Å². The summed E-state index contributed by atoms with van der Waals surface area (Å²) in [5, 5.41) is 8.55. The number of aliphatic hydroxyl groups excluding tert-OH is 1. The third-order valence-electron chi connectivity index (χ3n) is 2.42. The van der Waals surface area contributed by atoms with Crippen molar-refractivity contribution in [3.63, 3.8) is 0 Å². The van der Waals surface area contributed by atoms with Crippen LogP contribution in [0.25, 0.3) is 0 Å². The highest BCUT2D eigenvalue weighted by atomic mass is 32.2. The molecule has 0 spiro atoms. The minimum absolute atomic E-state index is 0.0263. The number of aliphatic hydroxyl groups is 1. The zero-order chi connectivity index (χ0) is 14.8. The van der Waals surface area contributed by atoms with Gasteiger partial charge in [0.2, 0.25) is 10.0 Å². The Balaban J connectivity index is 3.39. The maximum Gasteiger partial charge on any atom is 0.416 e. The molecule has 4 N–H and O–H groups in total. The third-order valence-corrected chi connectivity index (χ3v) is 4.01. The lowest BCUT2D eigenvalue weighted by atomic mass is 10.1. The standard InChI is InChI=1S/C10H13F3N2O3S/c1-6-8(14)4-7(10(11,12)13)5-9(6)19(17,18)15-2-3-16/h4-5,15-16H,2-3,14H2,1H3. The van der Waals surface area contributed by atoms with E-state index in [4.69, 9.17) is 10.8 Å². The average Bonchev–Trinajstić information content (AvgIpc) is 2.28. The normalized spacial score (nSPS) is 12.7. The van der Waals surface area contributed by atoms with E-state index in [0.29, 0.717) is 12.1 Å². The van der Waals surface area contributed by atoms with Gasteiger partial charge in [-0.05, 0) is 24.6 Å². The number of nitrogens with two attached hydrogens (primary N) is 1. The highest BCUT2D eigenvalue weighted by Crippen LogP contribution is 2.34. The van der Waals surface area contributed by atoms with Gasteiger partial charge in [-0.3, -0.25) is 0 Å². The van der Waals surface area contributed by atoms with E-state index in [-0.39, 0.29) is 17.8 Å². The van der Waals surface area contributed by atoms with Crippen molar-refractivity contribution in [1.82, 2.24) is 4.72 Å². The van der Waals surface area contributed by atoms with Gasteiger partial charge in [0.15, 0.2) is 0 Å². The Kier molecular flexibility index (Phi) is 4.43. The van der Waals surface area contributed by atoms with E-state index in [2.05, 4.69) is 0 Å². The maximum atomic E-state index is 12.6. The summed E-state index contributed by atoms with van der Waals surface area (Å²) >= 11 is 0. The summed E-state index contributed by atoms with van der Waals surface area (Å²) < 4.78 is 63.4. The molecule has 1 rings (SSSR count). The highest BCUT2D eigenvalue weighted by molar-refractivity contribution is 7.89. The molecule has 9 heteroatoms. The lowest BCUT2D eigenvalue weighted by Crippen LogP contribution is -2.28. The fourth-order valence-corrected chi connectivity index (χ4v) is 2.73. The molecule has 0 heterocycles. The van der Waals surface area contributed by atoms with Crippen LogP contribution >= 0.6 is 0 Å². The number of sulfonamides is 1. The zero-order valence-corrected chi connectivity index (χ0v) is 10.8. The Morgan fingerprint density at radius 2 is 1.95 bits per heavy atom. The van der Waals surface area contributed by atoms with Gasteiger partial charge >= 0.3 is 6.18 Å². The molecule has 0 unspecified atom stereocenters. The van der Waals surface area contributed by atoms with Gasteiger partial charge in [0, 0.05) is 12.2 Å². The topological polar surface area (TPSA) is 92.4 Å². The van der Waals surface area contributed by atoms with Gasteiger partial charge < -0.3 is 10.8 Å². The number of nitrogens with one attached hydrogen (secondary N) is 1. The van der Waals surface area contributed by atoms with Crippen molar-refractivity contribution >= 4 is 15.7 Å². The molecule has 0 aliphatic heterocycles. The molecule has 19 heavy (non-hydrogen) atoms. The molecule has 0 aromatic heterocycles. The van der Waals surface area contributed by atoms with E-state index in [1.807, 2.05) is 4.72 Å². The van der Waals surface area contributed by atoms with Gasteiger partial charge in [-0.25, -0.2) is 13.1 Å². The third kappa shape index (κ3) is 3.58. The molecule has 0 saturated heterocycles. The minimum atomic E-state index is -4.69. The number of nitrogen functional groups attached to an aromatic ring is 1. The number of hydrogen-bond acceptors (Lipinski definition) is 4. The second-order valence-electron chi connectivity index (χ2n) is 3.81. The van der Waals surface area contributed by atoms with Crippen LogP contribution in [0.5, 0.6) is 0 Å². The molecule has 0 aliphatic carbocycles. The lowest BCUT2D eigenvalue weighted by Gasteiger charge is -2.14. The van der Waals surface area contributed by atoms with Crippen molar-refractivity contribution in [2.75, 3.05) is 18.9 Å². The van der Waals surface area contributed by atoms with Crippen molar-refractivity contribution in [1.29, 1.82) is 0 Å². The minimum Gasteiger partial charge on any atom is -0.398 e. The number of benzene rings is 1. The first-order chi connectivity index (χ1) is 8.59. The molecule has 5 nitrogen and oxygen atoms in total. The van der Waals surface area contributed by atoms with Crippen molar-refractivity contribution in [3.8, 4) is 0 Å². The van der Waals surface area contributed by atoms with Crippen LogP contribution in [0.3, 0.4) is 0 Å². The summed E-state index contributed by atoms with van der Waals surface area (Å²) in [6.45, 7) is 0.549. The monoisotopic (exact) mass is 298 g/mol. The van der Waals surface area contributed by atoms with Crippen LogP contribution < -0.4 is 10.5 Å². The van der Waals surface area contributed by atoms with E-state index in [0.717, 1.165) is 0 Å². The van der Waals surface area contributed by atoms with E-state index < -0.39 is 33.3 Å².